The molecule has 0 radical (unpaired) electrons. The summed E-state index contributed by atoms with van der Waals surface area (Å²) in [4.78, 5) is 2.53. The van der Waals surface area contributed by atoms with E-state index in [4.69, 9.17) is 10.2 Å². The molecule has 0 saturated heterocycles. The Bertz CT molecular complexity index is 336. The summed E-state index contributed by atoms with van der Waals surface area (Å²) < 4.78 is 5.48. The molecule has 1 saturated carbocycles. The van der Waals surface area contributed by atoms with Crippen LogP contribution in [0, 0.1) is 11.8 Å². The molecule has 1 aliphatic carbocycles. The van der Waals surface area contributed by atoms with E-state index in [1.54, 1.807) is 6.26 Å². The van der Waals surface area contributed by atoms with Crippen molar-refractivity contribution in [3.05, 3.63) is 24.2 Å². The molecular formula is C15H26N2O. The molecule has 0 aromatic carbocycles. The van der Waals surface area contributed by atoms with Crippen molar-refractivity contribution in [2.75, 3.05) is 13.1 Å². The maximum absolute atomic E-state index is 5.95. The fourth-order valence-electron chi connectivity index (χ4n) is 3.20. The molecule has 0 bridgehead atoms. The summed E-state index contributed by atoms with van der Waals surface area (Å²) in [5, 5.41) is 0. The second kappa shape index (κ2) is 6.39. The maximum Gasteiger partial charge on any atom is 0.117 e. The van der Waals surface area contributed by atoms with Crippen molar-refractivity contribution < 1.29 is 4.42 Å². The lowest BCUT2D eigenvalue weighted by molar-refractivity contribution is 0.0785. The van der Waals surface area contributed by atoms with Crippen molar-refractivity contribution in [1.29, 1.82) is 0 Å². The highest BCUT2D eigenvalue weighted by atomic mass is 16.3. The Labute approximate surface area is 110 Å². The van der Waals surface area contributed by atoms with E-state index in [1.165, 1.54) is 19.3 Å². The van der Waals surface area contributed by atoms with Crippen LogP contribution in [0.25, 0.3) is 0 Å². The van der Waals surface area contributed by atoms with Gasteiger partial charge >= 0.3 is 0 Å². The Balaban J connectivity index is 2.04. The molecule has 1 fully saturated rings. The molecule has 0 aliphatic heterocycles. The second-order valence-electron chi connectivity index (χ2n) is 5.62. The molecule has 1 aliphatic rings. The van der Waals surface area contributed by atoms with Crippen molar-refractivity contribution in [2.45, 2.75) is 45.7 Å². The first kappa shape index (κ1) is 13.6. The third-order valence-electron chi connectivity index (χ3n) is 4.34. The molecule has 1 aromatic rings. The standard InChI is InChI=1S/C15H26N2O/c1-3-17(11-14-5-4-8-18-14)15-9-12(2)6-7-13(15)10-16/h4-5,8,12-13,15H,3,6-7,9-11,16H2,1-2H3. The second-order valence-corrected chi connectivity index (χ2v) is 5.62. The lowest BCUT2D eigenvalue weighted by atomic mass is 9.78. The van der Waals surface area contributed by atoms with Gasteiger partial charge in [0.1, 0.15) is 5.76 Å². The summed E-state index contributed by atoms with van der Waals surface area (Å²) in [6.07, 6.45) is 5.64. The Morgan fingerprint density at radius 1 is 1.44 bits per heavy atom. The largest absolute Gasteiger partial charge is 0.468 e. The van der Waals surface area contributed by atoms with Crippen LogP contribution in [0.4, 0.5) is 0 Å². The number of furan rings is 1. The van der Waals surface area contributed by atoms with Crippen molar-refractivity contribution in [2.24, 2.45) is 17.6 Å². The first-order valence-corrected chi connectivity index (χ1v) is 7.21. The van der Waals surface area contributed by atoms with E-state index in [1.807, 2.05) is 6.07 Å². The van der Waals surface area contributed by atoms with Gasteiger partial charge in [0.25, 0.3) is 0 Å². The average Bonchev–Trinajstić information content (AvgIpc) is 2.88. The van der Waals surface area contributed by atoms with E-state index < -0.39 is 0 Å². The lowest BCUT2D eigenvalue weighted by Gasteiger charge is -2.41. The van der Waals surface area contributed by atoms with Gasteiger partial charge < -0.3 is 10.2 Å². The molecule has 2 N–H and O–H groups in total. The van der Waals surface area contributed by atoms with Gasteiger partial charge in [-0.3, -0.25) is 4.90 Å². The number of hydrogen-bond donors (Lipinski definition) is 1. The van der Waals surface area contributed by atoms with Gasteiger partial charge in [0.05, 0.1) is 12.8 Å². The van der Waals surface area contributed by atoms with E-state index in [0.29, 0.717) is 12.0 Å². The summed E-state index contributed by atoms with van der Waals surface area (Å²) in [5.41, 5.74) is 5.95. The lowest BCUT2D eigenvalue weighted by Crippen LogP contribution is -2.46. The van der Waals surface area contributed by atoms with Gasteiger partial charge in [-0.1, -0.05) is 20.3 Å². The Morgan fingerprint density at radius 2 is 2.28 bits per heavy atom. The monoisotopic (exact) mass is 250 g/mol. The molecule has 0 amide bonds. The summed E-state index contributed by atoms with van der Waals surface area (Å²) in [6, 6.07) is 4.65. The molecule has 102 valence electrons. The summed E-state index contributed by atoms with van der Waals surface area (Å²) in [7, 11) is 0. The fourth-order valence-corrected chi connectivity index (χ4v) is 3.20. The van der Waals surface area contributed by atoms with Crippen LogP contribution in [0.1, 0.15) is 38.9 Å². The molecule has 3 unspecified atom stereocenters. The Kier molecular flexibility index (Phi) is 4.84. The van der Waals surface area contributed by atoms with E-state index in [0.717, 1.165) is 31.3 Å². The zero-order chi connectivity index (χ0) is 13.0. The Hall–Kier alpha value is -0.800. The average molecular weight is 250 g/mol. The zero-order valence-corrected chi connectivity index (χ0v) is 11.6. The molecule has 18 heavy (non-hydrogen) atoms. The minimum absolute atomic E-state index is 0.619. The molecule has 2 rings (SSSR count). The van der Waals surface area contributed by atoms with Crippen LogP contribution in [0.3, 0.4) is 0 Å². The highest BCUT2D eigenvalue weighted by molar-refractivity contribution is 4.99. The highest BCUT2D eigenvalue weighted by Crippen LogP contribution is 2.32. The van der Waals surface area contributed by atoms with Crippen LogP contribution < -0.4 is 5.73 Å². The van der Waals surface area contributed by atoms with Gasteiger partial charge in [-0.15, -0.1) is 0 Å². The fraction of sp³-hybridized carbons (Fsp3) is 0.733. The first-order valence-electron chi connectivity index (χ1n) is 7.21. The number of nitrogens with zero attached hydrogens (tertiary/aromatic N) is 1. The number of rotatable bonds is 5. The molecule has 3 heteroatoms. The number of nitrogens with two attached hydrogens (primary N) is 1. The van der Waals surface area contributed by atoms with Crippen molar-refractivity contribution >= 4 is 0 Å². The van der Waals surface area contributed by atoms with Crippen molar-refractivity contribution in [3.63, 3.8) is 0 Å². The first-order chi connectivity index (χ1) is 8.74. The van der Waals surface area contributed by atoms with Crippen molar-refractivity contribution in [1.82, 2.24) is 4.90 Å². The van der Waals surface area contributed by atoms with Gasteiger partial charge in [0.15, 0.2) is 0 Å². The van der Waals surface area contributed by atoms with Crippen LogP contribution in [-0.2, 0) is 6.54 Å². The SMILES string of the molecule is CCN(Cc1ccco1)C1CC(C)CCC1CN. The smallest absolute Gasteiger partial charge is 0.117 e. The predicted octanol–water partition coefficient (Wildman–Crippen LogP) is 2.87. The van der Waals surface area contributed by atoms with Crippen LogP contribution in [0.2, 0.25) is 0 Å². The van der Waals surface area contributed by atoms with E-state index in [2.05, 4.69) is 24.8 Å². The Morgan fingerprint density at radius 3 is 2.89 bits per heavy atom. The molecule has 3 nitrogen and oxygen atoms in total. The van der Waals surface area contributed by atoms with Gasteiger partial charge in [-0.25, -0.2) is 0 Å². The minimum Gasteiger partial charge on any atom is -0.468 e. The highest BCUT2D eigenvalue weighted by Gasteiger charge is 2.31. The summed E-state index contributed by atoms with van der Waals surface area (Å²) in [6.45, 7) is 7.38. The molecular weight excluding hydrogens is 224 g/mol. The summed E-state index contributed by atoms with van der Waals surface area (Å²) in [5.74, 6) is 2.53. The van der Waals surface area contributed by atoms with Crippen LogP contribution in [0.15, 0.2) is 22.8 Å². The van der Waals surface area contributed by atoms with Crippen LogP contribution in [0.5, 0.6) is 0 Å². The topological polar surface area (TPSA) is 42.4 Å². The third kappa shape index (κ3) is 3.15. The molecule has 0 spiro atoms. The third-order valence-corrected chi connectivity index (χ3v) is 4.34. The molecule has 1 aromatic heterocycles. The number of hydrogen-bond acceptors (Lipinski definition) is 3. The van der Waals surface area contributed by atoms with Crippen molar-refractivity contribution in [3.8, 4) is 0 Å². The van der Waals surface area contributed by atoms with Crippen LogP contribution >= 0.6 is 0 Å². The van der Waals surface area contributed by atoms with Gasteiger partial charge in [-0.05, 0) is 49.9 Å². The van der Waals surface area contributed by atoms with Gasteiger partial charge in [0, 0.05) is 6.04 Å². The van der Waals surface area contributed by atoms with Gasteiger partial charge in [0.2, 0.25) is 0 Å². The van der Waals surface area contributed by atoms with Gasteiger partial charge in [-0.2, -0.15) is 0 Å². The van der Waals surface area contributed by atoms with E-state index in [9.17, 15) is 0 Å². The van der Waals surface area contributed by atoms with E-state index >= 15 is 0 Å². The van der Waals surface area contributed by atoms with E-state index in [-0.39, 0.29) is 0 Å². The minimum atomic E-state index is 0.619. The zero-order valence-electron chi connectivity index (χ0n) is 11.6. The molecule has 1 heterocycles. The normalized spacial score (nSPS) is 28.8. The van der Waals surface area contributed by atoms with Crippen LogP contribution in [-0.4, -0.2) is 24.0 Å². The molecule has 3 atom stereocenters. The summed E-state index contributed by atoms with van der Waals surface area (Å²) >= 11 is 0. The predicted molar refractivity (Wildman–Crippen MR) is 74.1 cm³/mol. The maximum atomic E-state index is 5.95. The quantitative estimate of drug-likeness (QED) is 0.873.